The molecule has 0 N–H and O–H groups in total. The Hall–Kier alpha value is -1.98. The van der Waals surface area contributed by atoms with Crippen molar-refractivity contribution in [3.05, 3.63) is 48.0 Å². The standard InChI is InChI=1S/C20H25N3O2/c24-19-17-8-4-5-9-18(17)20(25)23(19)15-22-12-10-21(11-13-22)14-16-6-2-1-3-7-16/h1-7,17-18H,8-15H2. The average Bonchev–Trinajstić information content (AvgIpc) is 2.89. The number of imide groups is 1. The Morgan fingerprint density at radius 2 is 1.36 bits per heavy atom. The lowest BCUT2D eigenvalue weighted by Gasteiger charge is -2.36. The molecule has 132 valence electrons. The second kappa shape index (κ2) is 7.10. The van der Waals surface area contributed by atoms with Gasteiger partial charge in [-0.3, -0.25) is 24.3 Å². The van der Waals surface area contributed by atoms with Crippen molar-refractivity contribution in [1.29, 1.82) is 0 Å². The average molecular weight is 339 g/mol. The van der Waals surface area contributed by atoms with E-state index in [1.807, 2.05) is 18.2 Å². The largest absolute Gasteiger partial charge is 0.297 e. The summed E-state index contributed by atoms with van der Waals surface area (Å²) in [5.41, 5.74) is 1.33. The van der Waals surface area contributed by atoms with Crippen molar-refractivity contribution in [2.75, 3.05) is 32.8 Å². The lowest BCUT2D eigenvalue weighted by Crippen LogP contribution is -2.51. The number of rotatable bonds is 4. The molecule has 1 aromatic carbocycles. The van der Waals surface area contributed by atoms with Crippen molar-refractivity contribution in [2.24, 2.45) is 11.8 Å². The van der Waals surface area contributed by atoms with Gasteiger partial charge in [0.1, 0.15) is 0 Å². The molecule has 0 radical (unpaired) electrons. The number of fused-ring (bicyclic) bond motifs is 1. The number of amides is 2. The zero-order chi connectivity index (χ0) is 17.2. The van der Waals surface area contributed by atoms with Crippen LogP contribution in [-0.4, -0.2) is 59.4 Å². The summed E-state index contributed by atoms with van der Waals surface area (Å²) in [6.45, 7) is 5.17. The Morgan fingerprint density at radius 1 is 0.800 bits per heavy atom. The van der Waals surface area contributed by atoms with Crippen molar-refractivity contribution in [3.63, 3.8) is 0 Å². The second-order valence-electron chi connectivity index (χ2n) is 7.28. The maximum atomic E-state index is 12.6. The first-order valence-corrected chi connectivity index (χ1v) is 9.21. The van der Waals surface area contributed by atoms with Crippen LogP contribution in [0.2, 0.25) is 0 Å². The van der Waals surface area contributed by atoms with Crippen LogP contribution >= 0.6 is 0 Å². The van der Waals surface area contributed by atoms with E-state index in [4.69, 9.17) is 0 Å². The molecule has 0 spiro atoms. The minimum atomic E-state index is -0.114. The van der Waals surface area contributed by atoms with Gasteiger partial charge in [0.15, 0.2) is 0 Å². The van der Waals surface area contributed by atoms with Crippen molar-refractivity contribution < 1.29 is 9.59 Å². The lowest BCUT2D eigenvalue weighted by molar-refractivity contribution is -0.142. The molecule has 0 aromatic heterocycles. The van der Waals surface area contributed by atoms with Gasteiger partial charge in [0.05, 0.1) is 18.5 Å². The van der Waals surface area contributed by atoms with Gasteiger partial charge < -0.3 is 0 Å². The third-order valence-electron chi connectivity index (χ3n) is 5.65. The maximum Gasteiger partial charge on any atom is 0.234 e. The highest BCUT2D eigenvalue weighted by Crippen LogP contribution is 2.35. The highest BCUT2D eigenvalue weighted by Gasteiger charge is 2.47. The van der Waals surface area contributed by atoms with Gasteiger partial charge in [0.25, 0.3) is 0 Å². The second-order valence-corrected chi connectivity index (χ2v) is 7.28. The predicted molar refractivity (Wildman–Crippen MR) is 95.4 cm³/mol. The Labute approximate surface area is 148 Å². The van der Waals surface area contributed by atoms with E-state index in [2.05, 4.69) is 34.1 Å². The summed E-state index contributed by atoms with van der Waals surface area (Å²) in [6.07, 6.45) is 5.52. The molecule has 0 bridgehead atoms. The van der Waals surface area contributed by atoms with E-state index in [-0.39, 0.29) is 23.7 Å². The lowest BCUT2D eigenvalue weighted by atomic mass is 9.85. The van der Waals surface area contributed by atoms with Gasteiger partial charge in [-0.05, 0) is 18.4 Å². The van der Waals surface area contributed by atoms with Crippen LogP contribution in [0.15, 0.2) is 42.5 Å². The Kier molecular flexibility index (Phi) is 4.68. The van der Waals surface area contributed by atoms with E-state index < -0.39 is 0 Å². The molecular formula is C20H25N3O2. The molecule has 1 aliphatic carbocycles. The van der Waals surface area contributed by atoms with E-state index in [0.29, 0.717) is 6.67 Å². The molecule has 3 aliphatic rings. The van der Waals surface area contributed by atoms with Crippen molar-refractivity contribution >= 4 is 11.8 Å². The first-order chi connectivity index (χ1) is 12.2. The number of hydrogen-bond donors (Lipinski definition) is 0. The van der Waals surface area contributed by atoms with Crippen LogP contribution in [0.3, 0.4) is 0 Å². The molecule has 2 heterocycles. The molecule has 0 saturated carbocycles. The Morgan fingerprint density at radius 3 is 1.96 bits per heavy atom. The number of carbonyl (C=O) groups is 2. The van der Waals surface area contributed by atoms with Crippen molar-refractivity contribution in [2.45, 2.75) is 19.4 Å². The first kappa shape index (κ1) is 16.5. The van der Waals surface area contributed by atoms with Gasteiger partial charge >= 0.3 is 0 Å². The fourth-order valence-corrected chi connectivity index (χ4v) is 4.14. The van der Waals surface area contributed by atoms with Gasteiger partial charge in [0.2, 0.25) is 11.8 Å². The van der Waals surface area contributed by atoms with Crippen molar-refractivity contribution in [1.82, 2.24) is 14.7 Å². The van der Waals surface area contributed by atoms with E-state index in [0.717, 1.165) is 45.6 Å². The number of hydrogen-bond acceptors (Lipinski definition) is 4. The van der Waals surface area contributed by atoms with E-state index in [9.17, 15) is 9.59 Å². The third-order valence-corrected chi connectivity index (χ3v) is 5.65. The van der Waals surface area contributed by atoms with Crippen LogP contribution in [-0.2, 0) is 16.1 Å². The van der Waals surface area contributed by atoms with Gasteiger partial charge in [-0.25, -0.2) is 0 Å². The van der Waals surface area contributed by atoms with Crippen molar-refractivity contribution in [3.8, 4) is 0 Å². The van der Waals surface area contributed by atoms with Crippen LogP contribution < -0.4 is 0 Å². The number of benzene rings is 1. The topological polar surface area (TPSA) is 43.9 Å². The van der Waals surface area contributed by atoms with Crippen LogP contribution in [0.25, 0.3) is 0 Å². The smallest absolute Gasteiger partial charge is 0.234 e. The van der Waals surface area contributed by atoms with E-state index in [1.165, 1.54) is 10.5 Å². The van der Waals surface area contributed by atoms with Gasteiger partial charge in [0, 0.05) is 32.7 Å². The van der Waals surface area contributed by atoms with Gasteiger partial charge in [-0.15, -0.1) is 0 Å². The van der Waals surface area contributed by atoms with Gasteiger partial charge in [-0.2, -0.15) is 0 Å². The fourth-order valence-electron chi connectivity index (χ4n) is 4.14. The summed E-state index contributed by atoms with van der Waals surface area (Å²) >= 11 is 0. The number of likely N-dealkylation sites (tertiary alicyclic amines) is 1. The molecule has 25 heavy (non-hydrogen) atoms. The normalized spacial score (nSPS) is 27.8. The minimum Gasteiger partial charge on any atom is -0.297 e. The summed E-state index contributed by atoms with van der Waals surface area (Å²) in [6, 6.07) is 10.5. The molecule has 2 fully saturated rings. The number of allylic oxidation sites excluding steroid dienone is 2. The monoisotopic (exact) mass is 339 g/mol. The Bertz CT molecular complexity index is 639. The zero-order valence-corrected chi connectivity index (χ0v) is 14.5. The minimum absolute atomic E-state index is 0.0334. The molecule has 1 aromatic rings. The molecule has 2 aliphatic heterocycles. The van der Waals surface area contributed by atoms with Gasteiger partial charge in [-0.1, -0.05) is 42.5 Å². The summed E-state index contributed by atoms with van der Waals surface area (Å²) in [7, 11) is 0. The first-order valence-electron chi connectivity index (χ1n) is 9.21. The van der Waals surface area contributed by atoms with Crippen LogP contribution in [0.5, 0.6) is 0 Å². The Balaban J connectivity index is 1.30. The predicted octanol–water partition coefficient (Wildman–Crippen LogP) is 1.71. The van der Waals surface area contributed by atoms with Crippen LogP contribution in [0.4, 0.5) is 0 Å². The zero-order valence-electron chi connectivity index (χ0n) is 14.5. The fraction of sp³-hybridized carbons (Fsp3) is 0.500. The molecule has 4 rings (SSSR count). The third kappa shape index (κ3) is 3.39. The van der Waals surface area contributed by atoms with Crippen LogP contribution in [0.1, 0.15) is 18.4 Å². The molecule has 2 saturated heterocycles. The molecule has 2 unspecified atom stereocenters. The number of carbonyl (C=O) groups excluding carboxylic acids is 2. The highest BCUT2D eigenvalue weighted by molar-refractivity contribution is 6.05. The summed E-state index contributed by atoms with van der Waals surface area (Å²) < 4.78 is 0. The number of nitrogens with zero attached hydrogens (tertiary/aromatic N) is 3. The molecule has 5 heteroatoms. The molecule has 2 amide bonds. The van der Waals surface area contributed by atoms with Crippen LogP contribution in [0, 0.1) is 11.8 Å². The highest BCUT2D eigenvalue weighted by atomic mass is 16.2. The van der Waals surface area contributed by atoms with E-state index in [1.54, 1.807) is 0 Å². The summed E-state index contributed by atoms with van der Waals surface area (Å²) in [5, 5.41) is 0. The number of piperazine rings is 1. The molecular weight excluding hydrogens is 314 g/mol. The molecule has 2 atom stereocenters. The summed E-state index contributed by atoms with van der Waals surface area (Å²) in [5.74, 6) is -0.161. The SMILES string of the molecule is O=C1C2CC=CCC2C(=O)N1CN1CCN(Cc2ccccc2)CC1. The summed E-state index contributed by atoms with van der Waals surface area (Å²) in [4.78, 5) is 31.3. The quantitative estimate of drug-likeness (QED) is 0.619. The maximum absolute atomic E-state index is 12.6. The van der Waals surface area contributed by atoms with E-state index >= 15 is 0 Å². The molecule has 5 nitrogen and oxygen atoms in total.